The fraction of sp³-hybridized carbons (Fsp3) is 0.222. The molecule has 2 nitrogen and oxygen atoms in total. The van der Waals surface area contributed by atoms with Gasteiger partial charge in [0, 0.05) is 5.57 Å². The molecule has 0 amide bonds. The Kier molecular flexibility index (Phi) is 6.75. The second-order valence-corrected chi connectivity index (χ2v) is 2.76. The monoisotopic (exact) mass is 278 g/mol. The Morgan fingerprint density at radius 1 is 1.33 bits per heavy atom. The quantitative estimate of drug-likeness (QED) is 0.343. The third-order valence-electron chi connectivity index (χ3n) is 1.15. The Morgan fingerprint density at radius 2 is 2.00 bits per heavy atom. The van der Waals surface area contributed by atoms with Crippen molar-refractivity contribution in [3.8, 4) is 0 Å². The van der Waals surface area contributed by atoms with Crippen LogP contribution in [0.5, 0.6) is 0 Å². The van der Waals surface area contributed by atoms with E-state index in [1.54, 1.807) is 19.1 Å². The number of rotatable bonds is 3. The van der Waals surface area contributed by atoms with Crippen LogP contribution < -0.4 is 0 Å². The van der Waals surface area contributed by atoms with Crippen molar-refractivity contribution < 1.29 is 9.53 Å². The van der Waals surface area contributed by atoms with Crippen LogP contribution in [0.4, 0.5) is 0 Å². The normalized spacial score (nSPS) is 12.8. The third-order valence-corrected chi connectivity index (χ3v) is 1.56. The molecule has 0 saturated carbocycles. The number of hydrogen-bond acceptors (Lipinski definition) is 2. The summed E-state index contributed by atoms with van der Waals surface area (Å²) in [4.78, 5) is 10.8. The van der Waals surface area contributed by atoms with Gasteiger partial charge >= 0.3 is 5.97 Å². The number of methoxy groups -OCH3 is 1. The molecule has 66 valence electrons. The second kappa shape index (κ2) is 7.09. The van der Waals surface area contributed by atoms with Gasteiger partial charge in [0.2, 0.25) is 0 Å². The minimum absolute atomic E-state index is 0.293. The highest BCUT2D eigenvalue weighted by molar-refractivity contribution is 14.1. The maximum absolute atomic E-state index is 10.8. The molecule has 0 aromatic heterocycles. The Bertz CT molecular complexity index is 227. The first-order chi connectivity index (χ1) is 5.72. The van der Waals surface area contributed by atoms with Gasteiger partial charge in [-0.25, -0.2) is 4.79 Å². The maximum Gasteiger partial charge on any atom is 0.333 e. The first-order valence-electron chi connectivity index (χ1n) is 3.41. The van der Waals surface area contributed by atoms with E-state index < -0.39 is 0 Å². The minimum Gasteiger partial charge on any atom is -0.466 e. The number of hydrogen-bond donors (Lipinski definition) is 0. The van der Waals surface area contributed by atoms with E-state index in [1.807, 2.05) is 16.2 Å². The van der Waals surface area contributed by atoms with Crippen LogP contribution in [0.25, 0.3) is 0 Å². The molecule has 3 heteroatoms. The van der Waals surface area contributed by atoms with Gasteiger partial charge in [-0.3, -0.25) is 0 Å². The average molecular weight is 278 g/mol. The molecule has 0 rings (SSSR count). The van der Waals surface area contributed by atoms with Crippen molar-refractivity contribution in [1.29, 1.82) is 0 Å². The summed E-state index contributed by atoms with van der Waals surface area (Å²) >= 11 is 2.12. The van der Waals surface area contributed by atoms with Crippen molar-refractivity contribution in [2.75, 3.05) is 7.11 Å². The number of ether oxygens (including phenoxy) is 1. The molecule has 0 spiro atoms. The van der Waals surface area contributed by atoms with Crippen LogP contribution in [0.3, 0.4) is 0 Å². The Balaban J connectivity index is 4.08. The van der Waals surface area contributed by atoms with Gasteiger partial charge in [-0.2, -0.15) is 0 Å². The van der Waals surface area contributed by atoms with Gasteiger partial charge in [0.05, 0.1) is 7.11 Å². The van der Waals surface area contributed by atoms with Gasteiger partial charge in [0.15, 0.2) is 0 Å². The van der Waals surface area contributed by atoms with Crippen LogP contribution in [0.1, 0.15) is 6.92 Å². The maximum atomic E-state index is 10.8. The molecule has 0 aromatic carbocycles. The van der Waals surface area contributed by atoms with Gasteiger partial charge in [0.1, 0.15) is 0 Å². The lowest BCUT2D eigenvalue weighted by atomic mass is 10.3. The molecule has 0 aromatic rings. The lowest BCUT2D eigenvalue weighted by molar-refractivity contribution is -0.136. The smallest absolute Gasteiger partial charge is 0.333 e. The van der Waals surface area contributed by atoms with E-state index in [1.165, 1.54) is 7.11 Å². The van der Waals surface area contributed by atoms with E-state index in [-0.39, 0.29) is 5.97 Å². The molecular weight excluding hydrogens is 267 g/mol. The fourth-order valence-corrected chi connectivity index (χ4v) is 0.775. The predicted molar refractivity (Wildman–Crippen MR) is 58.1 cm³/mol. The van der Waals surface area contributed by atoms with E-state index in [0.717, 1.165) is 0 Å². The summed E-state index contributed by atoms with van der Waals surface area (Å²) in [5.41, 5.74) is 0.593. The third kappa shape index (κ3) is 5.12. The number of carbonyl (C=O) groups is 1. The molecule has 0 atom stereocenters. The zero-order valence-electron chi connectivity index (χ0n) is 7.08. The van der Waals surface area contributed by atoms with Crippen molar-refractivity contribution in [3.05, 3.63) is 34.0 Å². The molecule has 0 heterocycles. The SMILES string of the molecule is COC(=O)/C(C)=C/C=C/C=C\I. The van der Waals surface area contributed by atoms with Gasteiger partial charge < -0.3 is 4.74 Å². The molecule has 0 N–H and O–H groups in total. The van der Waals surface area contributed by atoms with Crippen LogP contribution in [0.2, 0.25) is 0 Å². The van der Waals surface area contributed by atoms with Gasteiger partial charge in [-0.05, 0) is 11.0 Å². The molecule has 0 bridgehead atoms. The fourth-order valence-electron chi connectivity index (χ4n) is 0.535. The highest BCUT2D eigenvalue weighted by Gasteiger charge is 1.99. The summed E-state index contributed by atoms with van der Waals surface area (Å²) in [5.74, 6) is -0.293. The highest BCUT2D eigenvalue weighted by Crippen LogP contribution is 1.96. The van der Waals surface area contributed by atoms with Crippen molar-refractivity contribution in [2.45, 2.75) is 6.92 Å². The summed E-state index contributed by atoms with van der Waals surface area (Å²) in [6, 6.07) is 0. The summed E-state index contributed by atoms with van der Waals surface area (Å²) in [7, 11) is 1.37. The van der Waals surface area contributed by atoms with Crippen molar-refractivity contribution in [3.63, 3.8) is 0 Å². The molecular formula is C9H11IO2. The van der Waals surface area contributed by atoms with Crippen molar-refractivity contribution in [1.82, 2.24) is 0 Å². The standard InChI is InChI=1S/C9H11IO2/c1-8(9(11)12-2)6-4-3-5-7-10/h3-7H,1-2H3/b4-3+,7-5-,8-6+. The zero-order chi connectivity index (χ0) is 9.40. The Hall–Kier alpha value is -0.580. The zero-order valence-corrected chi connectivity index (χ0v) is 9.24. The van der Waals surface area contributed by atoms with E-state index >= 15 is 0 Å². The van der Waals surface area contributed by atoms with Gasteiger partial charge in [0.25, 0.3) is 0 Å². The predicted octanol–water partition coefficient (Wildman–Crippen LogP) is 2.61. The van der Waals surface area contributed by atoms with Gasteiger partial charge in [-0.1, -0.05) is 46.9 Å². The topological polar surface area (TPSA) is 26.3 Å². The number of carbonyl (C=O) groups excluding carboxylic acids is 1. The Morgan fingerprint density at radius 3 is 2.50 bits per heavy atom. The van der Waals surface area contributed by atoms with E-state index in [4.69, 9.17) is 0 Å². The van der Waals surface area contributed by atoms with Crippen LogP contribution in [-0.4, -0.2) is 13.1 Å². The minimum atomic E-state index is -0.293. The molecule has 0 aliphatic rings. The van der Waals surface area contributed by atoms with Crippen LogP contribution in [-0.2, 0) is 9.53 Å². The second-order valence-electron chi connectivity index (χ2n) is 2.04. The molecule has 0 unspecified atom stereocenters. The number of halogens is 1. The highest BCUT2D eigenvalue weighted by atomic mass is 127. The van der Waals surface area contributed by atoms with Crippen LogP contribution in [0, 0.1) is 0 Å². The van der Waals surface area contributed by atoms with Crippen LogP contribution in [0.15, 0.2) is 34.0 Å². The first-order valence-corrected chi connectivity index (χ1v) is 4.65. The summed E-state index contributed by atoms with van der Waals surface area (Å²) < 4.78 is 6.39. The average Bonchev–Trinajstić information content (AvgIpc) is 2.10. The lowest BCUT2D eigenvalue weighted by Gasteiger charge is -1.94. The van der Waals surface area contributed by atoms with E-state index in [0.29, 0.717) is 5.57 Å². The number of esters is 1. The summed E-state index contributed by atoms with van der Waals surface area (Å²) in [6.07, 6.45) is 7.23. The Labute approximate surface area is 86.1 Å². The first kappa shape index (κ1) is 11.4. The van der Waals surface area contributed by atoms with Gasteiger partial charge in [-0.15, -0.1) is 0 Å². The molecule has 0 radical (unpaired) electrons. The molecule has 0 fully saturated rings. The molecule has 0 aliphatic carbocycles. The largest absolute Gasteiger partial charge is 0.466 e. The summed E-state index contributed by atoms with van der Waals surface area (Å²) in [6.45, 7) is 1.71. The summed E-state index contributed by atoms with van der Waals surface area (Å²) in [5, 5.41) is 0. The van der Waals surface area contributed by atoms with Crippen molar-refractivity contribution in [2.24, 2.45) is 0 Å². The van der Waals surface area contributed by atoms with E-state index in [9.17, 15) is 4.79 Å². The lowest BCUT2D eigenvalue weighted by Crippen LogP contribution is -2.00. The number of allylic oxidation sites excluding steroid dienone is 4. The van der Waals surface area contributed by atoms with E-state index in [2.05, 4.69) is 27.3 Å². The van der Waals surface area contributed by atoms with Crippen LogP contribution >= 0.6 is 22.6 Å². The molecule has 12 heavy (non-hydrogen) atoms. The van der Waals surface area contributed by atoms with Crippen molar-refractivity contribution >= 4 is 28.6 Å². The molecule has 0 saturated heterocycles. The molecule has 0 aliphatic heterocycles.